The van der Waals surface area contributed by atoms with Gasteiger partial charge in [-0.15, -0.1) is 0 Å². The Bertz CT molecular complexity index is 173. The molecule has 2 nitrogen and oxygen atoms in total. The fraction of sp³-hybridized carbons (Fsp3) is 1.00. The lowest BCUT2D eigenvalue weighted by molar-refractivity contribution is -0.128. The van der Waals surface area contributed by atoms with Gasteiger partial charge in [-0.05, 0) is 5.92 Å². The second-order valence-corrected chi connectivity index (χ2v) is 4.31. The van der Waals surface area contributed by atoms with Gasteiger partial charge in [-0.2, -0.15) is 13.2 Å². The first kappa shape index (κ1) is 11.8. The summed E-state index contributed by atoms with van der Waals surface area (Å²) in [5, 5.41) is 2.50. The van der Waals surface area contributed by atoms with Gasteiger partial charge in [0.05, 0.1) is 6.54 Å². The van der Waals surface area contributed by atoms with Crippen molar-refractivity contribution in [1.29, 1.82) is 0 Å². The van der Waals surface area contributed by atoms with Crippen LogP contribution in [0.25, 0.3) is 0 Å². The Kier molecular flexibility index (Phi) is 3.78. The van der Waals surface area contributed by atoms with Crippen LogP contribution in [0.5, 0.6) is 0 Å². The molecule has 1 aliphatic rings. The zero-order chi connectivity index (χ0) is 10.8. The summed E-state index contributed by atoms with van der Waals surface area (Å²) in [6.07, 6.45) is -4.08. The van der Waals surface area contributed by atoms with Crippen LogP contribution in [-0.2, 0) is 0 Å². The number of nitrogens with zero attached hydrogens (tertiary/aromatic N) is 1. The molecular weight excluding hydrogens is 193 g/mol. The number of rotatable bonds is 4. The molecule has 0 bridgehead atoms. The van der Waals surface area contributed by atoms with E-state index in [1.54, 1.807) is 0 Å². The third-order valence-electron chi connectivity index (χ3n) is 2.17. The van der Waals surface area contributed by atoms with Crippen LogP contribution < -0.4 is 5.32 Å². The SMILES string of the molecule is CC(C)CN1CC(NCC(F)(F)F)C1. The molecule has 1 N–H and O–H groups in total. The molecule has 1 rings (SSSR count). The van der Waals surface area contributed by atoms with E-state index in [4.69, 9.17) is 0 Å². The van der Waals surface area contributed by atoms with Gasteiger partial charge >= 0.3 is 6.18 Å². The van der Waals surface area contributed by atoms with Crippen molar-refractivity contribution in [2.24, 2.45) is 5.92 Å². The highest BCUT2D eigenvalue weighted by Crippen LogP contribution is 2.15. The maximum atomic E-state index is 11.8. The summed E-state index contributed by atoms with van der Waals surface area (Å²) in [5.41, 5.74) is 0. The van der Waals surface area contributed by atoms with Gasteiger partial charge in [-0.3, -0.25) is 4.90 Å². The van der Waals surface area contributed by atoms with Crippen LogP contribution in [0.2, 0.25) is 0 Å². The molecule has 1 aliphatic heterocycles. The van der Waals surface area contributed by atoms with Crippen molar-refractivity contribution in [2.45, 2.75) is 26.1 Å². The van der Waals surface area contributed by atoms with Gasteiger partial charge in [0.15, 0.2) is 0 Å². The van der Waals surface area contributed by atoms with E-state index < -0.39 is 12.7 Å². The zero-order valence-electron chi connectivity index (χ0n) is 8.56. The second-order valence-electron chi connectivity index (χ2n) is 4.31. The van der Waals surface area contributed by atoms with Crippen LogP contribution >= 0.6 is 0 Å². The number of likely N-dealkylation sites (tertiary alicyclic amines) is 1. The minimum Gasteiger partial charge on any atom is -0.303 e. The molecule has 1 fully saturated rings. The molecular formula is C9H17F3N2. The van der Waals surface area contributed by atoms with Crippen molar-refractivity contribution in [3.8, 4) is 0 Å². The quantitative estimate of drug-likeness (QED) is 0.756. The molecule has 84 valence electrons. The Hall–Kier alpha value is -0.290. The van der Waals surface area contributed by atoms with Crippen LogP contribution in [0.3, 0.4) is 0 Å². The number of nitrogens with one attached hydrogen (secondary N) is 1. The number of halogens is 3. The highest BCUT2D eigenvalue weighted by Gasteiger charge is 2.32. The molecule has 5 heteroatoms. The van der Waals surface area contributed by atoms with E-state index in [0.29, 0.717) is 5.92 Å². The van der Waals surface area contributed by atoms with Gasteiger partial charge < -0.3 is 5.32 Å². The van der Waals surface area contributed by atoms with Crippen molar-refractivity contribution >= 4 is 0 Å². The maximum Gasteiger partial charge on any atom is 0.401 e. The predicted molar refractivity (Wildman–Crippen MR) is 49.1 cm³/mol. The van der Waals surface area contributed by atoms with Gasteiger partial charge in [0.2, 0.25) is 0 Å². The summed E-state index contributed by atoms with van der Waals surface area (Å²) in [6, 6.07) is 0.0235. The second kappa shape index (κ2) is 4.49. The van der Waals surface area contributed by atoms with E-state index in [2.05, 4.69) is 24.1 Å². The van der Waals surface area contributed by atoms with Gasteiger partial charge in [0.25, 0.3) is 0 Å². The third kappa shape index (κ3) is 4.28. The first-order valence-electron chi connectivity index (χ1n) is 4.89. The summed E-state index contributed by atoms with van der Waals surface area (Å²) >= 11 is 0. The van der Waals surface area contributed by atoms with E-state index in [-0.39, 0.29) is 6.04 Å². The predicted octanol–water partition coefficient (Wildman–Crippen LogP) is 1.48. The fourth-order valence-corrected chi connectivity index (χ4v) is 1.62. The summed E-state index contributed by atoms with van der Waals surface area (Å²) < 4.78 is 35.4. The zero-order valence-corrected chi connectivity index (χ0v) is 8.56. The standard InChI is InChI=1S/C9H17F3N2/c1-7(2)3-14-4-8(5-14)13-6-9(10,11)12/h7-8,13H,3-6H2,1-2H3. The van der Waals surface area contributed by atoms with E-state index in [9.17, 15) is 13.2 Å². The van der Waals surface area contributed by atoms with E-state index in [1.807, 2.05) is 0 Å². The molecule has 0 aliphatic carbocycles. The van der Waals surface area contributed by atoms with Crippen molar-refractivity contribution < 1.29 is 13.2 Å². The van der Waals surface area contributed by atoms with Crippen molar-refractivity contribution in [3.63, 3.8) is 0 Å². The molecule has 0 atom stereocenters. The summed E-state index contributed by atoms with van der Waals surface area (Å²) in [4.78, 5) is 2.17. The number of hydrogen-bond acceptors (Lipinski definition) is 2. The highest BCUT2D eigenvalue weighted by molar-refractivity contribution is 4.86. The normalized spacial score (nSPS) is 20.1. The van der Waals surface area contributed by atoms with Crippen LogP contribution in [0, 0.1) is 5.92 Å². The van der Waals surface area contributed by atoms with E-state index >= 15 is 0 Å². The Morgan fingerprint density at radius 3 is 2.36 bits per heavy atom. The van der Waals surface area contributed by atoms with Crippen LogP contribution in [0.4, 0.5) is 13.2 Å². The molecule has 1 saturated heterocycles. The average Bonchev–Trinajstić information content (AvgIpc) is 1.90. The molecule has 0 radical (unpaired) electrons. The third-order valence-corrected chi connectivity index (χ3v) is 2.17. The van der Waals surface area contributed by atoms with Gasteiger partial charge in [0.1, 0.15) is 0 Å². The molecule has 1 heterocycles. The number of hydrogen-bond donors (Lipinski definition) is 1. The van der Waals surface area contributed by atoms with Gasteiger partial charge in [-0.25, -0.2) is 0 Å². The largest absolute Gasteiger partial charge is 0.401 e. The molecule has 14 heavy (non-hydrogen) atoms. The van der Waals surface area contributed by atoms with Crippen LogP contribution in [0.15, 0.2) is 0 Å². The lowest BCUT2D eigenvalue weighted by Gasteiger charge is -2.40. The van der Waals surface area contributed by atoms with E-state index in [1.165, 1.54) is 0 Å². The number of alkyl halides is 3. The van der Waals surface area contributed by atoms with Crippen molar-refractivity contribution in [3.05, 3.63) is 0 Å². The fourth-order valence-electron chi connectivity index (χ4n) is 1.62. The summed E-state index contributed by atoms with van der Waals surface area (Å²) in [5.74, 6) is 0.582. The topological polar surface area (TPSA) is 15.3 Å². The summed E-state index contributed by atoms with van der Waals surface area (Å²) in [7, 11) is 0. The van der Waals surface area contributed by atoms with Crippen molar-refractivity contribution in [1.82, 2.24) is 10.2 Å². The monoisotopic (exact) mass is 210 g/mol. The van der Waals surface area contributed by atoms with Gasteiger partial charge in [0, 0.05) is 25.7 Å². The Balaban J connectivity index is 2.05. The molecule has 0 aromatic rings. The molecule has 0 unspecified atom stereocenters. The molecule has 0 amide bonds. The average molecular weight is 210 g/mol. The Morgan fingerprint density at radius 1 is 1.36 bits per heavy atom. The first-order valence-corrected chi connectivity index (χ1v) is 4.89. The highest BCUT2D eigenvalue weighted by atomic mass is 19.4. The minimum atomic E-state index is -4.08. The minimum absolute atomic E-state index is 0.0235. The Morgan fingerprint density at radius 2 is 1.93 bits per heavy atom. The molecule has 0 saturated carbocycles. The summed E-state index contributed by atoms with van der Waals surface area (Å²) in [6.45, 7) is 5.81. The van der Waals surface area contributed by atoms with Gasteiger partial charge in [-0.1, -0.05) is 13.8 Å². The maximum absolute atomic E-state index is 11.8. The first-order chi connectivity index (χ1) is 6.37. The lowest BCUT2D eigenvalue weighted by Crippen LogP contribution is -2.59. The van der Waals surface area contributed by atoms with Crippen LogP contribution in [-0.4, -0.2) is 43.3 Å². The molecule has 0 aromatic heterocycles. The van der Waals surface area contributed by atoms with Crippen molar-refractivity contribution in [2.75, 3.05) is 26.2 Å². The smallest absolute Gasteiger partial charge is 0.303 e. The van der Waals surface area contributed by atoms with Crippen LogP contribution in [0.1, 0.15) is 13.8 Å². The molecule has 0 spiro atoms. The Labute approximate surface area is 82.5 Å². The van der Waals surface area contributed by atoms with E-state index in [0.717, 1.165) is 19.6 Å². The lowest BCUT2D eigenvalue weighted by atomic mass is 10.1. The molecule has 0 aromatic carbocycles.